The lowest BCUT2D eigenvalue weighted by Gasteiger charge is -2.19. The normalized spacial score (nSPS) is 10.1. The highest BCUT2D eigenvalue weighted by Gasteiger charge is 2.07. The molecule has 3 heteroatoms. The predicted molar refractivity (Wildman–Crippen MR) is 84.9 cm³/mol. The molecule has 0 heterocycles. The van der Waals surface area contributed by atoms with Crippen LogP contribution in [-0.2, 0) is 4.74 Å². The fraction of sp³-hybridized carbons (Fsp3) is 0.176. The molecule has 0 aromatic heterocycles. The van der Waals surface area contributed by atoms with Crippen molar-refractivity contribution in [2.24, 2.45) is 0 Å². The van der Waals surface area contributed by atoms with E-state index in [2.05, 4.69) is 17.2 Å². The van der Waals surface area contributed by atoms with Crippen LogP contribution in [0.2, 0.25) is 0 Å². The fourth-order valence-electron chi connectivity index (χ4n) is 1.88. The Hall–Kier alpha value is -2.42. The summed E-state index contributed by atoms with van der Waals surface area (Å²) in [7, 11) is 0. The first-order valence-corrected chi connectivity index (χ1v) is 6.72. The Morgan fingerprint density at radius 3 is 1.70 bits per heavy atom. The summed E-state index contributed by atoms with van der Waals surface area (Å²) >= 11 is 0. The van der Waals surface area contributed by atoms with Crippen LogP contribution < -0.4 is 10.6 Å². The number of para-hydroxylation sites is 2. The van der Waals surface area contributed by atoms with Crippen molar-refractivity contribution in [1.82, 2.24) is 0 Å². The van der Waals surface area contributed by atoms with E-state index in [1.807, 2.05) is 60.7 Å². The summed E-state index contributed by atoms with van der Waals surface area (Å²) in [4.78, 5) is 0. The molecule has 0 saturated heterocycles. The van der Waals surface area contributed by atoms with Crippen LogP contribution in [0.25, 0.3) is 0 Å². The summed E-state index contributed by atoms with van der Waals surface area (Å²) in [6.07, 6.45) is 1.51. The zero-order valence-electron chi connectivity index (χ0n) is 11.5. The maximum atomic E-state index is 5.52. The molecule has 0 saturated carbocycles. The summed E-state index contributed by atoms with van der Waals surface area (Å²) in [6, 6.07) is 20.2. The second-order valence-corrected chi connectivity index (χ2v) is 4.42. The van der Waals surface area contributed by atoms with Crippen LogP contribution in [0.3, 0.4) is 0 Å². The second-order valence-electron chi connectivity index (χ2n) is 4.42. The number of benzene rings is 2. The molecule has 0 radical (unpaired) electrons. The Bertz CT molecular complexity index is 455. The molecule has 2 aromatic carbocycles. The van der Waals surface area contributed by atoms with Crippen molar-refractivity contribution < 1.29 is 4.74 Å². The summed E-state index contributed by atoms with van der Waals surface area (Å²) in [6.45, 7) is 5.07. The van der Waals surface area contributed by atoms with Crippen LogP contribution in [0.5, 0.6) is 0 Å². The van der Waals surface area contributed by atoms with Crippen LogP contribution >= 0.6 is 0 Å². The molecule has 0 spiro atoms. The van der Waals surface area contributed by atoms with Crippen LogP contribution in [0.1, 0.15) is 0 Å². The van der Waals surface area contributed by atoms with E-state index in [0.29, 0.717) is 0 Å². The largest absolute Gasteiger partial charge is 0.495 e. The lowest BCUT2D eigenvalue weighted by Crippen LogP contribution is -2.29. The summed E-state index contributed by atoms with van der Waals surface area (Å²) in [5, 5.41) is 6.71. The molecule has 0 atom stereocenters. The molecular weight excluding hydrogens is 248 g/mol. The van der Waals surface area contributed by atoms with E-state index in [-0.39, 0.29) is 6.10 Å². The molecule has 0 bridgehead atoms. The number of ether oxygens (including phenoxy) is 1. The molecule has 0 aliphatic rings. The van der Waals surface area contributed by atoms with Gasteiger partial charge in [-0.15, -0.1) is 0 Å². The summed E-state index contributed by atoms with van der Waals surface area (Å²) < 4.78 is 5.52. The van der Waals surface area contributed by atoms with E-state index in [4.69, 9.17) is 4.74 Å². The van der Waals surface area contributed by atoms with Gasteiger partial charge in [0.25, 0.3) is 0 Å². The van der Waals surface area contributed by atoms with Gasteiger partial charge in [-0.25, -0.2) is 0 Å². The second kappa shape index (κ2) is 7.89. The minimum absolute atomic E-state index is 0.0212. The van der Waals surface area contributed by atoms with Gasteiger partial charge in [-0.3, -0.25) is 0 Å². The molecule has 0 aliphatic heterocycles. The van der Waals surface area contributed by atoms with Crippen molar-refractivity contribution >= 4 is 11.4 Å². The summed E-state index contributed by atoms with van der Waals surface area (Å²) in [5.74, 6) is 0. The third kappa shape index (κ3) is 4.69. The first-order chi connectivity index (χ1) is 9.88. The maximum absolute atomic E-state index is 5.52. The zero-order valence-corrected chi connectivity index (χ0v) is 11.5. The van der Waals surface area contributed by atoms with Crippen molar-refractivity contribution in [3.05, 3.63) is 73.5 Å². The van der Waals surface area contributed by atoms with Gasteiger partial charge in [-0.05, 0) is 24.3 Å². The number of hydrogen-bond acceptors (Lipinski definition) is 3. The molecular formula is C17H20N2O. The number of nitrogens with one attached hydrogen (secondary N) is 2. The van der Waals surface area contributed by atoms with Crippen LogP contribution in [0.4, 0.5) is 11.4 Å². The minimum atomic E-state index is 0.0212. The molecule has 0 unspecified atom stereocenters. The van der Waals surface area contributed by atoms with Gasteiger partial charge in [-0.2, -0.15) is 0 Å². The molecule has 2 aromatic rings. The van der Waals surface area contributed by atoms with Crippen LogP contribution in [0.15, 0.2) is 73.5 Å². The highest BCUT2D eigenvalue weighted by atomic mass is 16.5. The molecule has 104 valence electrons. The zero-order chi connectivity index (χ0) is 14.0. The van der Waals surface area contributed by atoms with E-state index >= 15 is 0 Å². The monoisotopic (exact) mass is 268 g/mol. The van der Waals surface area contributed by atoms with Crippen molar-refractivity contribution in [2.75, 3.05) is 23.7 Å². The maximum Gasteiger partial charge on any atom is 0.132 e. The number of anilines is 2. The molecule has 0 fully saturated rings. The Balaban J connectivity index is 1.82. The molecule has 2 N–H and O–H groups in total. The SMILES string of the molecule is C=COC(CNc1ccccc1)CNc1ccccc1. The van der Waals surface area contributed by atoms with Crippen molar-refractivity contribution in [1.29, 1.82) is 0 Å². The van der Waals surface area contributed by atoms with Gasteiger partial charge in [0.1, 0.15) is 6.10 Å². The first-order valence-electron chi connectivity index (χ1n) is 6.72. The van der Waals surface area contributed by atoms with Gasteiger partial charge in [0, 0.05) is 11.4 Å². The van der Waals surface area contributed by atoms with E-state index in [0.717, 1.165) is 24.5 Å². The van der Waals surface area contributed by atoms with Crippen LogP contribution in [-0.4, -0.2) is 19.2 Å². The average Bonchev–Trinajstić information content (AvgIpc) is 2.52. The predicted octanol–water partition coefficient (Wildman–Crippen LogP) is 3.74. The van der Waals surface area contributed by atoms with Gasteiger partial charge in [0.05, 0.1) is 19.4 Å². The minimum Gasteiger partial charge on any atom is -0.495 e. The molecule has 0 aliphatic carbocycles. The highest BCUT2D eigenvalue weighted by molar-refractivity contribution is 5.44. The molecule has 3 nitrogen and oxygen atoms in total. The number of hydrogen-bond donors (Lipinski definition) is 2. The summed E-state index contributed by atoms with van der Waals surface area (Å²) in [5.41, 5.74) is 2.18. The average molecular weight is 268 g/mol. The third-order valence-corrected chi connectivity index (χ3v) is 2.90. The fourth-order valence-corrected chi connectivity index (χ4v) is 1.88. The van der Waals surface area contributed by atoms with Crippen molar-refractivity contribution in [2.45, 2.75) is 6.10 Å². The lowest BCUT2D eigenvalue weighted by atomic mass is 10.2. The van der Waals surface area contributed by atoms with E-state index < -0.39 is 0 Å². The smallest absolute Gasteiger partial charge is 0.132 e. The first kappa shape index (κ1) is 14.0. The van der Waals surface area contributed by atoms with Gasteiger partial charge in [0.2, 0.25) is 0 Å². The molecule has 20 heavy (non-hydrogen) atoms. The highest BCUT2D eigenvalue weighted by Crippen LogP contribution is 2.08. The number of rotatable bonds is 8. The van der Waals surface area contributed by atoms with Crippen molar-refractivity contribution in [3.63, 3.8) is 0 Å². The standard InChI is InChI=1S/C17H20N2O/c1-2-20-17(13-18-15-9-5-3-6-10-15)14-19-16-11-7-4-8-12-16/h2-12,17-19H,1,13-14H2. The van der Waals surface area contributed by atoms with Gasteiger partial charge < -0.3 is 15.4 Å². The van der Waals surface area contributed by atoms with E-state index in [1.54, 1.807) is 0 Å². The van der Waals surface area contributed by atoms with Gasteiger partial charge >= 0.3 is 0 Å². The molecule has 0 amide bonds. The lowest BCUT2D eigenvalue weighted by molar-refractivity contribution is 0.168. The Kier molecular flexibility index (Phi) is 5.53. The Morgan fingerprint density at radius 2 is 1.30 bits per heavy atom. The van der Waals surface area contributed by atoms with Gasteiger partial charge in [-0.1, -0.05) is 43.0 Å². The quantitative estimate of drug-likeness (QED) is 0.716. The van der Waals surface area contributed by atoms with Crippen LogP contribution in [0, 0.1) is 0 Å². The Labute approximate surface area is 120 Å². The topological polar surface area (TPSA) is 33.3 Å². The van der Waals surface area contributed by atoms with E-state index in [9.17, 15) is 0 Å². The third-order valence-electron chi connectivity index (χ3n) is 2.90. The Morgan fingerprint density at radius 1 is 0.850 bits per heavy atom. The van der Waals surface area contributed by atoms with Crippen molar-refractivity contribution in [3.8, 4) is 0 Å². The molecule has 2 rings (SSSR count). The van der Waals surface area contributed by atoms with E-state index in [1.165, 1.54) is 6.26 Å². The van der Waals surface area contributed by atoms with Gasteiger partial charge in [0.15, 0.2) is 0 Å².